The molecule has 3 aliphatic rings. The van der Waals surface area contributed by atoms with E-state index in [4.69, 9.17) is 0 Å². The minimum atomic E-state index is -3.58. The van der Waals surface area contributed by atoms with Crippen molar-refractivity contribution < 1.29 is 21.6 Å². The number of hydrogen-bond acceptors (Lipinski definition) is 6. The summed E-state index contributed by atoms with van der Waals surface area (Å²) in [5.41, 5.74) is 0.419. The van der Waals surface area contributed by atoms with E-state index in [1.54, 1.807) is 52.4 Å². The summed E-state index contributed by atoms with van der Waals surface area (Å²) in [5.74, 6) is -0.0183. The first-order valence-corrected chi connectivity index (χ1v) is 12.1. The SMILES string of the molecule is O=C(C1=CN2CCS(=O)(=O)N=C2C=C1)N1CCN(S(=O)(=O)c2ccccc2)CC1. The lowest BCUT2D eigenvalue weighted by Gasteiger charge is -2.35. The summed E-state index contributed by atoms with van der Waals surface area (Å²) in [7, 11) is -7.02. The molecule has 3 heterocycles. The van der Waals surface area contributed by atoms with Crippen LogP contribution in [0.25, 0.3) is 0 Å². The van der Waals surface area contributed by atoms with Crippen LogP contribution in [0.2, 0.25) is 0 Å². The van der Waals surface area contributed by atoms with Crippen molar-refractivity contribution in [3.63, 3.8) is 0 Å². The van der Waals surface area contributed by atoms with Gasteiger partial charge in [-0.15, -0.1) is 4.40 Å². The highest BCUT2D eigenvalue weighted by atomic mass is 32.2. The predicted molar refractivity (Wildman–Crippen MR) is 107 cm³/mol. The average molecular weight is 437 g/mol. The van der Waals surface area contributed by atoms with E-state index in [0.29, 0.717) is 11.4 Å². The zero-order chi connectivity index (χ0) is 20.6. The quantitative estimate of drug-likeness (QED) is 0.661. The van der Waals surface area contributed by atoms with Crippen LogP contribution in [-0.4, -0.2) is 81.2 Å². The number of carbonyl (C=O) groups excluding carboxylic acids is 1. The Kier molecular flexibility index (Phi) is 5.05. The minimum Gasteiger partial charge on any atom is -0.336 e. The van der Waals surface area contributed by atoms with Crippen LogP contribution in [-0.2, 0) is 24.8 Å². The molecule has 0 unspecified atom stereocenters. The van der Waals surface area contributed by atoms with Gasteiger partial charge in [0.1, 0.15) is 5.84 Å². The van der Waals surface area contributed by atoms with Crippen LogP contribution in [0, 0.1) is 0 Å². The maximum absolute atomic E-state index is 12.8. The molecular weight excluding hydrogens is 416 g/mol. The number of carbonyl (C=O) groups is 1. The Morgan fingerprint density at radius 1 is 0.966 bits per heavy atom. The van der Waals surface area contributed by atoms with Crippen molar-refractivity contribution in [1.29, 1.82) is 0 Å². The van der Waals surface area contributed by atoms with E-state index < -0.39 is 20.0 Å². The molecule has 1 aromatic rings. The van der Waals surface area contributed by atoms with Gasteiger partial charge in [-0.05, 0) is 24.3 Å². The smallest absolute Gasteiger partial charge is 0.256 e. The largest absolute Gasteiger partial charge is 0.336 e. The van der Waals surface area contributed by atoms with Gasteiger partial charge in [-0.2, -0.15) is 4.31 Å². The van der Waals surface area contributed by atoms with Crippen molar-refractivity contribution in [1.82, 2.24) is 14.1 Å². The number of sulfonamides is 2. The zero-order valence-corrected chi connectivity index (χ0v) is 17.1. The normalized spacial score (nSPS) is 21.9. The van der Waals surface area contributed by atoms with Gasteiger partial charge in [-0.1, -0.05) is 18.2 Å². The van der Waals surface area contributed by atoms with Crippen LogP contribution in [0.4, 0.5) is 0 Å². The molecule has 0 N–H and O–H groups in total. The first kappa shape index (κ1) is 19.8. The molecule has 1 amide bonds. The van der Waals surface area contributed by atoms with Gasteiger partial charge in [-0.3, -0.25) is 4.79 Å². The van der Waals surface area contributed by atoms with Gasteiger partial charge < -0.3 is 9.80 Å². The number of amidine groups is 1. The van der Waals surface area contributed by atoms with Crippen LogP contribution in [0.1, 0.15) is 0 Å². The summed E-state index contributed by atoms with van der Waals surface area (Å²) < 4.78 is 53.7. The van der Waals surface area contributed by atoms with Gasteiger partial charge >= 0.3 is 0 Å². The highest BCUT2D eigenvalue weighted by molar-refractivity contribution is 7.90. The minimum absolute atomic E-state index is 0.0989. The highest BCUT2D eigenvalue weighted by Gasteiger charge is 2.32. The molecule has 9 nitrogen and oxygen atoms in total. The number of rotatable bonds is 3. The maximum atomic E-state index is 12.8. The lowest BCUT2D eigenvalue weighted by atomic mass is 10.1. The molecule has 3 aliphatic heterocycles. The summed E-state index contributed by atoms with van der Waals surface area (Å²) in [5, 5.41) is 0. The van der Waals surface area contributed by atoms with Crippen LogP contribution >= 0.6 is 0 Å². The third-order valence-electron chi connectivity index (χ3n) is 4.98. The van der Waals surface area contributed by atoms with Crippen molar-refractivity contribution in [3.05, 3.63) is 54.3 Å². The van der Waals surface area contributed by atoms with E-state index >= 15 is 0 Å². The van der Waals surface area contributed by atoms with E-state index in [9.17, 15) is 21.6 Å². The molecule has 11 heteroatoms. The molecule has 154 valence electrons. The molecular formula is C18H20N4O5S2. The van der Waals surface area contributed by atoms with Crippen LogP contribution < -0.4 is 0 Å². The maximum Gasteiger partial charge on any atom is 0.256 e. The third kappa shape index (κ3) is 3.98. The standard InChI is InChI=1S/C18H20N4O5S2/c23-18(15-6-7-17-19-28(24,25)13-12-21(17)14-15)20-8-10-22(11-9-20)29(26,27)16-4-2-1-3-5-16/h1-7,14H,8-13H2. The Morgan fingerprint density at radius 2 is 1.66 bits per heavy atom. The monoisotopic (exact) mass is 436 g/mol. The molecule has 0 aliphatic carbocycles. The number of fused-ring (bicyclic) bond motifs is 1. The second kappa shape index (κ2) is 7.39. The molecule has 1 saturated heterocycles. The molecule has 0 aromatic heterocycles. The summed E-state index contributed by atoms with van der Waals surface area (Å²) in [6.07, 6.45) is 4.66. The van der Waals surface area contributed by atoms with E-state index in [2.05, 4.69) is 4.40 Å². The lowest BCUT2D eigenvalue weighted by Crippen LogP contribution is -2.51. The fraction of sp³-hybridized carbons (Fsp3) is 0.333. The van der Waals surface area contributed by atoms with Crippen molar-refractivity contribution in [2.24, 2.45) is 4.40 Å². The topological polar surface area (TPSA) is 107 Å². The Balaban J connectivity index is 1.43. The number of hydrogen-bond donors (Lipinski definition) is 0. The van der Waals surface area contributed by atoms with Gasteiger partial charge in [0.15, 0.2) is 0 Å². The fourth-order valence-corrected chi connectivity index (χ4v) is 5.80. The summed E-state index contributed by atoms with van der Waals surface area (Å²) in [4.78, 5) is 16.3. The Morgan fingerprint density at radius 3 is 2.34 bits per heavy atom. The lowest BCUT2D eigenvalue weighted by molar-refractivity contribution is -0.128. The number of piperazine rings is 1. The molecule has 1 aromatic carbocycles. The first-order chi connectivity index (χ1) is 13.8. The van der Waals surface area contributed by atoms with Crippen molar-refractivity contribution in [2.45, 2.75) is 4.90 Å². The predicted octanol–water partition coefficient (Wildman–Crippen LogP) is 0.0171. The number of nitrogens with zero attached hydrogens (tertiary/aromatic N) is 4. The Labute approximate surface area is 169 Å². The molecule has 0 spiro atoms. The molecule has 4 rings (SSSR count). The number of benzene rings is 1. The van der Waals surface area contributed by atoms with Gasteiger partial charge in [0.2, 0.25) is 10.0 Å². The van der Waals surface area contributed by atoms with Crippen LogP contribution in [0.5, 0.6) is 0 Å². The van der Waals surface area contributed by atoms with E-state index in [0.717, 1.165) is 0 Å². The van der Waals surface area contributed by atoms with Crippen molar-refractivity contribution >= 4 is 31.8 Å². The molecule has 0 atom stereocenters. The van der Waals surface area contributed by atoms with E-state index in [-0.39, 0.29) is 49.3 Å². The van der Waals surface area contributed by atoms with E-state index in [1.807, 2.05) is 0 Å². The summed E-state index contributed by atoms with van der Waals surface area (Å²) in [6, 6.07) is 8.23. The molecule has 29 heavy (non-hydrogen) atoms. The first-order valence-electron chi connectivity index (χ1n) is 9.10. The summed E-state index contributed by atoms with van der Waals surface area (Å²) >= 11 is 0. The molecule has 0 saturated carbocycles. The van der Waals surface area contributed by atoms with Crippen LogP contribution in [0.3, 0.4) is 0 Å². The molecule has 0 radical (unpaired) electrons. The Hall–Kier alpha value is -2.50. The van der Waals surface area contributed by atoms with Crippen LogP contribution in [0.15, 0.2) is 63.6 Å². The highest BCUT2D eigenvalue weighted by Crippen LogP contribution is 2.20. The second-order valence-electron chi connectivity index (χ2n) is 6.86. The van der Waals surface area contributed by atoms with Crippen molar-refractivity contribution in [2.75, 3.05) is 38.5 Å². The summed E-state index contributed by atoms with van der Waals surface area (Å²) in [6.45, 7) is 1.24. The van der Waals surface area contributed by atoms with Gasteiger partial charge in [0.25, 0.3) is 15.9 Å². The fourth-order valence-electron chi connectivity index (χ4n) is 3.38. The average Bonchev–Trinajstić information content (AvgIpc) is 2.73. The Bertz CT molecular complexity index is 1120. The van der Waals surface area contributed by atoms with Gasteiger partial charge in [0, 0.05) is 38.9 Å². The molecule has 1 fully saturated rings. The third-order valence-corrected chi connectivity index (χ3v) is 8.05. The van der Waals surface area contributed by atoms with Gasteiger partial charge in [0.05, 0.1) is 16.2 Å². The zero-order valence-electron chi connectivity index (χ0n) is 15.5. The van der Waals surface area contributed by atoms with Crippen molar-refractivity contribution in [3.8, 4) is 0 Å². The second-order valence-corrected chi connectivity index (χ2v) is 10.5. The molecule has 0 bridgehead atoms. The van der Waals surface area contributed by atoms with Gasteiger partial charge in [-0.25, -0.2) is 16.8 Å². The number of amides is 1. The van der Waals surface area contributed by atoms with E-state index in [1.165, 1.54) is 10.4 Å².